The van der Waals surface area contributed by atoms with Crippen molar-refractivity contribution in [3.05, 3.63) is 64.8 Å². The molecule has 1 aliphatic heterocycles. The quantitative estimate of drug-likeness (QED) is 0.356. The summed E-state index contributed by atoms with van der Waals surface area (Å²) in [6.45, 7) is 4.47. The second kappa shape index (κ2) is 11.1. The molecule has 11 heteroatoms. The number of benzene rings is 2. The van der Waals surface area contributed by atoms with Gasteiger partial charge in [-0.1, -0.05) is 17.7 Å². The Bertz CT molecular complexity index is 1360. The molecular formula is C26H25ClF2N6O2. The molecule has 0 spiro atoms. The fourth-order valence-corrected chi connectivity index (χ4v) is 4.30. The number of pyridine rings is 1. The van der Waals surface area contributed by atoms with Gasteiger partial charge >= 0.3 is 6.03 Å². The fraction of sp³-hybridized carbons (Fsp3) is 0.269. The van der Waals surface area contributed by atoms with Crippen LogP contribution in [0.2, 0.25) is 5.02 Å². The number of hydrogen-bond acceptors (Lipinski definition) is 6. The first kappa shape index (κ1) is 26.3. The number of aliphatic hydroxyl groups excluding tert-OH is 1. The number of aromatic nitrogens is 1. The van der Waals surface area contributed by atoms with Crippen molar-refractivity contribution >= 4 is 40.5 Å². The van der Waals surface area contributed by atoms with E-state index in [9.17, 15) is 10.1 Å². The summed E-state index contributed by atoms with van der Waals surface area (Å²) in [5, 5.41) is 24.9. The number of halogens is 3. The Hall–Kier alpha value is -3.78. The van der Waals surface area contributed by atoms with Gasteiger partial charge in [-0.05, 0) is 44.2 Å². The van der Waals surface area contributed by atoms with Crippen molar-refractivity contribution in [1.82, 2.24) is 10.3 Å². The summed E-state index contributed by atoms with van der Waals surface area (Å²) in [6.07, 6.45) is 1.40. The lowest BCUT2D eigenvalue weighted by Crippen LogP contribution is -2.41. The SMILES string of the molecule is CCN1C(=O)N(c2c(F)cc(NCCN[C@@H](C)CO)cc2F)c2cc(C#N)ccc2-c2cc(Cl)cnc21. The molecule has 192 valence electrons. The van der Waals surface area contributed by atoms with Crippen molar-refractivity contribution in [2.24, 2.45) is 0 Å². The third-order valence-corrected chi connectivity index (χ3v) is 6.15. The first-order chi connectivity index (χ1) is 17.8. The molecule has 0 unspecified atom stereocenters. The molecule has 1 aromatic heterocycles. The van der Waals surface area contributed by atoms with Crippen LogP contribution in [-0.2, 0) is 0 Å². The van der Waals surface area contributed by atoms with Crippen LogP contribution in [0.5, 0.6) is 0 Å². The van der Waals surface area contributed by atoms with Gasteiger partial charge in [-0.15, -0.1) is 0 Å². The highest BCUT2D eigenvalue weighted by atomic mass is 35.5. The predicted molar refractivity (Wildman–Crippen MR) is 139 cm³/mol. The lowest BCUT2D eigenvalue weighted by atomic mass is 10.0. The van der Waals surface area contributed by atoms with Crippen molar-refractivity contribution < 1.29 is 18.7 Å². The minimum absolute atomic E-state index is 0.0306. The molecule has 0 radical (unpaired) electrons. The number of carbonyl (C=O) groups is 1. The number of hydrogen-bond donors (Lipinski definition) is 3. The number of anilines is 4. The van der Waals surface area contributed by atoms with Gasteiger partial charge in [0.1, 0.15) is 11.5 Å². The number of nitrogens with one attached hydrogen (secondary N) is 2. The van der Waals surface area contributed by atoms with Crippen molar-refractivity contribution in [3.63, 3.8) is 0 Å². The van der Waals surface area contributed by atoms with Gasteiger partial charge in [-0.3, -0.25) is 9.80 Å². The Kier molecular flexibility index (Phi) is 7.88. The number of amides is 2. The molecule has 0 saturated heterocycles. The lowest BCUT2D eigenvalue weighted by Gasteiger charge is -2.28. The van der Waals surface area contributed by atoms with E-state index in [1.807, 2.05) is 13.0 Å². The third-order valence-electron chi connectivity index (χ3n) is 5.95. The zero-order valence-corrected chi connectivity index (χ0v) is 21.0. The molecule has 8 nitrogen and oxygen atoms in total. The Labute approximate surface area is 218 Å². The summed E-state index contributed by atoms with van der Waals surface area (Å²) in [5.74, 6) is -1.64. The molecule has 2 amide bonds. The van der Waals surface area contributed by atoms with Crippen molar-refractivity contribution in [3.8, 4) is 17.2 Å². The second-order valence-electron chi connectivity index (χ2n) is 8.48. The van der Waals surface area contributed by atoms with E-state index >= 15 is 8.78 Å². The van der Waals surface area contributed by atoms with Gasteiger partial charge in [-0.25, -0.2) is 18.6 Å². The monoisotopic (exact) mass is 526 g/mol. The average Bonchev–Trinajstić information content (AvgIpc) is 2.98. The van der Waals surface area contributed by atoms with E-state index in [0.29, 0.717) is 29.2 Å². The summed E-state index contributed by atoms with van der Waals surface area (Å²) in [4.78, 5) is 20.4. The summed E-state index contributed by atoms with van der Waals surface area (Å²) < 4.78 is 31.1. The minimum Gasteiger partial charge on any atom is -0.395 e. The number of carbonyl (C=O) groups excluding carboxylic acids is 1. The second-order valence-corrected chi connectivity index (χ2v) is 8.92. The minimum atomic E-state index is -0.964. The zero-order chi connectivity index (χ0) is 26.7. The van der Waals surface area contributed by atoms with Gasteiger partial charge in [0.2, 0.25) is 0 Å². The molecule has 37 heavy (non-hydrogen) atoms. The van der Waals surface area contributed by atoms with Crippen LogP contribution in [0.25, 0.3) is 11.1 Å². The predicted octanol–water partition coefficient (Wildman–Crippen LogP) is 5.03. The maximum absolute atomic E-state index is 15.6. The van der Waals surface area contributed by atoms with E-state index in [4.69, 9.17) is 16.7 Å². The number of nitrogens with zero attached hydrogens (tertiary/aromatic N) is 4. The van der Waals surface area contributed by atoms with Crippen molar-refractivity contribution in [1.29, 1.82) is 5.26 Å². The largest absolute Gasteiger partial charge is 0.395 e. The van der Waals surface area contributed by atoms with Crippen molar-refractivity contribution in [2.75, 3.05) is 41.4 Å². The first-order valence-corrected chi connectivity index (χ1v) is 12.1. The fourth-order valence-electron chi connectivity index (χ4n) is 4.15. The Morgan fingerprint density at radius 2 is 1.89 bits per heavy atom. The highest BCUT2D eigenvalue weighted by Crippen LogP contribution is 2.45. The first-order valence-electron chi connectivity index (χ1n) is 11.7. The molecule has 1 aliphatic rings. The normalized spacial score (nSPS) is 13.5. The van der Waals surface area contributed by atoms with Crippen molar-refractivity contribution in [2.45, 2.75) is 19.9 Å². The maximum atomic E-state index is 15.6. The number of aliphatic hydroxyl groups is 1. The molecule has 0 aliphatic carbocycles. The van der Waals surface area contributed by atoms with E-state index in [1.54, 1.807) is 25.1 Å². The maximum Gasteiger partial charge on any atom is 0.334 e. The van der Waals surface area contributed by atoms with Crippen LogP contribution in [-0.4, -0.2) is 48.4 Å². The average molecular weight is 527 g/mol. The van der Waals surface area contributed by atoms with Crippen LogP contribution in [0.15, 0.2) is 42.6 Å². The molecule has 3 N–H and O–H groups in total. The van der Waals surface area contributed by atoms with Gasteiger partial charge in [0.05, 0.1) is 28.9 Å². The lowest BCUT2D eigenvalue weighted by molar-refractivity contribution is 0.253. The standard InChI is InChI=1S/C26H25ClF2N6O2/c1-3-34-25-20(9-17(27)13-33-25)19-5-4-16(12-30)8-23(19)35(26(34)37)24-21(28)10-18(11-22(24)29)32-7-6-31-15(2)14-36/h4-5,8-11,13,15,31-32,36H,3,6-7,14H2,1-2H3/t15-/m0/s1. The highest BCUT2D eigenvalue weighted by molar-refractivity contribution is 6.31. The highest BCUT2D eigenvalue weighted by Gasteiger charge is 2.36. The molecule has 2 aromatic carbocycles. The van der Waals surface area contributed by atoms with Crippen LogP contribution >= 0.6 is 11.6 Å². The van der Waals surface area contributed by atoms with Gasteiger partial charge in [0.25, 0.3) is 0 Å². The van der Waals surface area contributed by atoms with Crippen LogP contribution in [0, 0.1) is 23.0 Å². The molecule has 0 fully saturated rings. The van der Waals surface area contributed by atoms with Crippen LogP contribution < -0.4 is 20.4 Å². The van der Waals surface area contributed by atoms with Crippen LogP contribution in [0.4, 0.5) is 36.5 Å². The van der Waals surface area contributed by atoms with E-state index < -0.39 is 23.4 Å². The van der Waals surface area contributed by atoms with E-state index in [-0.39, 0.29) is 41.9 Å². The summed E-state index contributed by atoms with van der Waals surface area (Å²) >= 11 is 6.21. The van der Waals surface area contributed by atoms with E-state index in [0.717, 1.165) is 17.0 Å². The number of urea groups is 1. The number of nitriles is 1. The third kappa shape index (κ3) is 5.20. The van der Waals surface area contributed by atoms with Gasteiger partial charge in [0, 0.05) is 48.7 Å². The topological polar surface area (TPSA) is 105 Å². The molecule has 4 rings (SSSR count). The molecule has 1 atom stereocenters. The molecule has 0 saturated carbocycles. The summed E-state index contributed by atoms with van der Waals surface area (Å²) in [7, 11) is 0. The van der Waals surface area contributed by atoms with Gasteiger partial charge < -0.3 is 15.7 Å². The Morgan fingerprint density at radius 1 is 1.16 bits per heavy atom. The van der Waals surface area contributed by atoms with E-state index in [2.05, 4.69) is 15.6 Å². The van der Waals surface area contributed by atoms with E-state index in [1.165, 1.54) is 17.2 Å². The summed E-state index contributed by atoms with van der Waals surface area (Å²) in [5.41, 5.74) is 0.894. The molecule has 3 aromatic rings. The zero-order valence-electron chi connectivity index (χ0n) is 20.2. The Morgan fingerprint density at radius 3 is 2.54 bits per heavy atom. The Balaban J connectivity index is 1.81. The molecule has 0 bridgehead atoms. The number of rotatable bonds is 8. The number of fused-ring (bicyclic) bond motifs is 3. The van der Waals surface area contributed by atoms with Gasteiger partial charge in [0.15, 0.2) is 11.6 Å². The smallest absolute Gasteiger partial charge is 0.334 e. The van der Waals surface area contributed by atoms with Crippen LogP contribution in [0.1, 0.15) is 19.4 Å². The summed E-state index contributed by atoms with van der Waals surface area (Å²) in [6, 6.07) is 9.59. The molecule has 2 heterocycles. The van der Waals surface area contributed by atoms with Gasteiger partial charge in [-0.2, -0.15) is 5.26 Å². The van der Waals surface area contributed by atoms with Crippen LogP contribution in [0.3, 0.4) is 0 Å². The molecular weight excluding hydrogens is 502 g/mol.